The van der Waals surface area contributed by atoms with E-state index < -0.39 is 58.5 Å². The van der Waals surface area contributed by atoms with Crippen molar-refractivity contribution in [2.24, 2.45) is 5.92 Å². The smallest absolute Gasteiger partial charge is 0.414 e. The summed E-state index contributed by atoms with van der Waals surface area (Å²) in [6.07, 6.45) is -0.668. The molecule has 0 heterocycles. The van der Waals surface area contributed by atoms with Gasteiger partial charge in [0.2, 0.25) is 0 Å². The highest BCUT2D eigenvalue weighted by Crippen LogP contribution is 2.25. The molecule has 0 radical (unpaired) electrons. The van der Waals surface area contributed by atoms with Gasteiger partial charge in [-0.15, -0.1) is 0 Å². The van der Waals surface area contributed by atoms with Gasteiger partial charge in [0.15, 0.2) is 0 Å². The molecule has 1 unspecified atom stereocenters. The first-order valence-corrected chi connectivity index (χ1v) is 17.6. The molecule has 0 aliphatic rings. The van der Waals surface area contributed by atoms with Crippen molar-refractivity contribution in [3.8, 4) is 0 Å². The molecule has 2 rings (SSSR count). The Morgan fingerprint density at radius 2 is 1.16 bits per heavy atom. The molecule has 0 aliphatic carbocycles. The Morgan fingerprint density at radius 3 is 1.69 bits per heavy atom. The van der Waals surface area contributed by atoms with Crippen LogP contribution in [0.25, 0.3) is 0 Å². The predicted molar refractivity (Wildman–Crippen MR) is 197 cm³/mol. The second-order valence-electron chi connectivity index (χ2n) is 16.6. The van der Waals surface area contributed by atoms with Gasteiger partial charge in [-0.1, -0.05) is 42.5 Å². The molecule has 2 aromatic rings. The van der Waals surface area contributed by atoms with Gasteiger partial charge in [-0.3, -0.25) is 9.69 Å². The Bertz CT molecular complexity index is 1410. The maximum Gasteiger partial charge on any atom is 0.414 e. The van der Waals surface area contributed by atoms with Crippen LogP contribution in [0.15, 0.2) is 54.6 Å². The topological polar surface area (TPSA) is 130 Å². The Labute approximate surface area is 304 Å². The SMILES string of the molecule is CC(C)(C)OC(=O)N[C@@H](CCC(Cc1ccc(N(CCOCc2ccccc2)C(=O)OC(C)(C)C)cc1)C(=O)OC(C)(C)C)C(=O)OC(C)(C)C. The molecule has 2 atom stereocenters. The van der Waals surface area contributed by atoms with Crippen molar-refractivity contribution in [2.75, 3.05) is 18.1 Å². The van der Waals surface area contributed by atoms with E-state index in [2.05, 4.69) is 5.32 Å². The van der Waals surface area contributed by atoms with Crippen LogP contribution in [0.3, 0.4) is 0 Å². The molecule has 0 spiro atoms. The molecule has 51 heavy (non-hydrogen) atoms. The van der Waals surface area contributed by atoms with Crippen LogP contribution in [0.2, 0.25) is 0 Å². The third-order valence-corrected chi connectivity index (χ3v) is 6.84. The van der Waals surface area contributed by atoms with E-state index in [-0.39, 0.29) is 32.4 Å². The molecule has 0 fully saturated rings. The van der Waals surface area contributed by atoms with E-state index in [0.717, 1.165) is 11.1 Å². The number of benzene rings is 2. The molecule has 0 saturated heterocycles. The van der Waals surface area contributed by atoms with Crippen molar-refractivity contribution in [1.29, 1.82) is 0 Å². The number of amides is 2. The second kappa shape index (κ2) is 18.4. The van der Waals surface area contributed by atoms with Crippen LogP contribution in [-0.2, 0) is 46.3 Å². The van der Waals surface area contributed by atoms with Crippen molar-refractivity contribution >= 4 is 29.8 Å². The van der Waals surface area contributed by atoms with Gasteiger partial charge in [-0.2, -0.15) is 0 Å². The molecule has 2 amide bonds. The fraction of sp³-hybridized carbons (Fsp3) is 0.600. The van der Waals surface area contributed by atoms with E-state index in [9.17, 15) is 19.2 Å². The quantitative estimate of drug-likeness (QED) is 0.117. The van der Waals surface area contributed by atoms with E-state index in [4.69, 9.17) is 23.7 Å². The highest BCUT2D eigenvalue weighted by atomic mass is 16.6. The Balaban J connectivity index is 2.28. The van der Waals surface area contributed by atoms with Crippen molar-refractivity contribution in [1.82, 2.24) is 5.32 Å². The lowest BCUT2D eigenvalue weighted by atomic mass is 9.92. The van der Waals surface area contributed by atoms with Gasteiger partial charge in [0.1, 0.15) is 28.4 Å². The van der Waals surface area contributed by atoms with Crippen LogP contribution >= 0.6 is 0 Å². The number of rotatable bonds is 14. The number of carbonyl (C=O) groups is 4. The van der Waals surface area contributed by atoms with Crippen LogP contribution in [0, 0.1) is 5.92 Å². The summed E-state index contributed by atoms with van der Waals surface area (Å²) in [7, 11) is 0. The number of ether oxygens (including phenoxy) is 5. The Kier molecular flexibility index (Phi) is 15.5. The lowest BCUT2D eigenvalue weighted by molar-refractivity contribution is -0.162. The monoisotopic (exact) mass is 712 g/mol. The van der Waals surface area contributed by atoms with E-state index >= 15 is 0 Å². The summed E-state index contributed by atoms with van der Waals surface area (Å²) in [6.45, 7) is 22.2. The first-order valence-electron chi connectivity index (χ1n) is 17.6. The van der Waals surface area contributed by atoms with Crippen LogP contribution in [0.1, 0.15) is 107 Å². The maximum absolute atomic E-state index is 13.5. The van der Waals surface area contributed by atoms with Gasteiger partial charge in [0.05, 0.1) is 25.7 Å². The van der Waals surface area contributed by atoms with Crippen LogP contribution in [0.5, 0.6) is 0 Å². The number of anilines is 1. The minimum Gasteiger partial charge on any atom is -0.460 e. The largest absolute Gasteiger partial charge is 0.460 e. The summed E-state index contributed by atoms with van der Waals surface area (Å²) in [6, 6.07) is 16.0. The van der Waals surface area contributed by atoms with Crippen LogP contribution in [0.4, 0.5) is 15.3 Å². The fourth-order valence-electron chi connectivity index (χ4n) is 4.79. The van der Waals surface area contributed by atoms with Crippen molar-refractivity contribution < 1.29 is 42.9 Å². The number of alkyl carbamates (subject to hydrolysis) is 1. The number of esters is 2. The van der Waals surface area contributed by atoms with E-state index in [0.29, 0.717) is 12.3 Å². The number of hydrogen-bond acceptors (Lipinski definition) is 9. The molecule has 2 aromatic carbocycles. The molecule has 11 heteroatoms. The maximum atomic E-state index is 13.5. The summed E-state index contributed by atoms with van der Waals surface area (Å²) >= 11 is 0. The molecule has 11 nitrogen and oxygen atoms in total. The summed E-state index contributed by atoms with van der Waals surface area (Å²) in [4.78, 5) is 54.1. The minimum absolute atomic E-state index is 0.103. The van der Waals surface area contributed by atoms with Gasteiger partial charge in [-0.25, -0.2) is 14.4 Å². The molecular weight excluding hydrogens is 652 g/mol. The first kappa shape index (κ1) is 43.0. The predicted octanol–water partition coefficient (Wildman–Crippen LogP) is 8.16. The van der Waals surface area contributed by atoms with Gasteiger partial charge < -0.3 is 29.0 Å². The average Bonchev–Trinajstić information content (AvgIpc) is 2.96. The van der Waals surface area contributed by atoms with Crippen molar-refractivity contribution in [3.63, 3.8) is 0 Å². The molecule has 0 aliphatic heterocycles. The summed E-state index contributed by atoms with van der Waals surface area (Å²) in [5, 5.41) is 2.63. The number of hydrogen-bond donors (Lipinski definition) is 1. The number of nitrogens with zero attached hydrogens (tertiary/aromatic N) is 1. The summed E-state index contributed by atoms with van der Waals surface area (Å²) in [5.74, 6) is -1.72. The molecular formula is C40H60N2O9. The second-order valence-corrected chi connectivity index (χ2v) is 16.6. The van der Waals surface area contributed by atoms with Crippen LogP contribution in [-0.4, -0.2) is 65.7 Å². The fourth-order valence-corrected chi connectivity index (χ4v) is 4.79. The molecule has 0 bridgehead atoms. The highest BCUT2D eigenvalue weighted by Gasteiger charge is 2.32. The average molecular weight is 713 g/mol. The molecule has 0 saturated carbocycles. The summed E-state index contributed by atoms with van der Waals surface area (Å²) in [5.41, 5.74) is -0.556. The molecule has 284 valence electrons. The summed E-state index contributed by atoms with van der Waals surface area (Å²) < 4.78 is 28.3. The minimum atomic E-state index is -1.06. The zero-order valence-electron chi connectivity index (χ0n) is 32.7. The van der Waals surface area contributed by atoms with Gasteiger partial charge in [0, 0.05) is 5.69 Å². The van der Waals surface area contributed by atoms with Crippen molar-refractivity contribution in [2.45, 2.75) is 137 Å². The standard InChI is InChI=1S/C40H60N2O9/c1-37(2,3)48-33(43)30(20-23-32(34(44)49-38(4,5)6)41-35(45)50-39(7,8)9)26-28-18-21-31(22-19-28)42(36(46)51-40(10,11)12)24-25-47-27-29-16-14-13-15-17-29/h13-19,21-22,30,32H,20,23-27H2,1-12H3,(H,41,45)/t30?,32-/m0/s1. The zero-order valence-corrected chi connectivity index (χ0v) is 32.7. The first-order chi connectivity index (χ1) is 23.4. The van der Waals surface area contributed by atoms with Gasteiger partial charge in [0.25, 0.3) is 0 Å². The molecule has 0 aromatic heterocycles. The number of nitrogens with one attached hydrogen (secondary N) is 1. The van der Waals surface area contributed by atoms with Gasteiger partial charge >= 0.3 is 24.1 Å². The van der Waals surface area contributed by atoms with Crippen molar-refractivity contribution in [3.05, 3.63) is 65.7 Å². The normalized spacial score (nSPS) is 13.4. The Morgan fingerprint density at radius 1 is 0.627 bits per heavy atom. The van der Waals surface area contributed by atoms with E-state index in [1.165, 1.54) is 4.90 Å². The third-order valence-electron chi connectivity index (χ3n) is 6.84. The lowest BCUT2D eigenvalue weighted by Crippen LogP contribution is -2.46. The van der Waals surface area contributed by atoms with Gasteiger partial charge in [-0.05, 0) is 126 Å². The zero-order chi connectivity index (χ0) is 38.6. The van der Waals surface area contributed by atoms with Crippen LogP contribution < -0.4 is 10.2 Å². The Hall–Kier alpha value is -4.12. The number of carbonyl (C=O) groups excluding carboxylic acids is 4. The van der Waals surface area contributed by atoms with E-state index in [1.807, 2.05) is 63.2 Å². The third kappa shape index (κ3) is 18.1. The van der Waals surface area contributed by atoms with E-state index in [1.54, 1.807) is 74.4 Å². The highest BCUT2D eigenvalue weighted by molar-refractivity contribution is 5.88. The lowest BCUT2D eigenvalue weighted by Gasteiger charge is -2.28. The molecule has 1 N–H and O–H groups in total.